The molecule has 0 aromatic heterocycles. The van der Waals surface area contributed by atoms with Crippen molar-refractivity contribution in [3.8, 4) is 5.75 Å². The standard InChI is InChI=1S/C14H22O2/c1-4-11(3)10-16-14-9-7-6-8-12(14)13(15)5-2/h6-9,11,13,15H,4-5,10H2,1-3H3. The normalized spacial score (nSPS) is 14.5. The quantitative estimate of drug-likeness (QED) is 0.797. The number of hydrogen-bond donors (Lipinski definition) is 1. The Morgan fingerprint density at radius 1 is 1.19 bits per heavy atom. The molecule has 0 heterocycles. The molecule has 90 valence electrons. The molecule has 0 aliphatic carbocycles. The molecule has 0 saturated carbocycles. The number of aliphatic hydroxyl groups is 1. The minimum absolute atomic E-state index is 0.423. The van der Waals surface area contributed by atoms with Gasteiger partial charge in [0.05, 0.1) is 12.7 Å². The molecule has 0 aliphatic rings. The fourth-order valence-corrected chi connectivity index (χ4v) is 1.46. The summed E-state index contributed by atoms with van der Waals surface area (Å²) in [5, 5.41) is 9.85. The molecule has 2 heteroatoms. The summed E-state index contributed by atoms with van der Waals surface area (Å²) in [6.07, 6.45) is 1.40. The minimum atomic E-state index is -0.423. The average Bonchev–Trinajstić information content (AvgIpc) is 2.35. The van der Waals surface area contributed by atoms with E-state index in [9.17, 15) is 5.11 Å². The third-order valence-corrected chi connectivity index (χ3v) is 2.88. The van der Waals surface area contributed by atoms with E-state index in [0.29, 0.717) is 18.9 Å². The van der Waals surface area contributed by atoms with Gasteiger partial charge in [0, 0.05) is 5.56 Å². The zero-order valence-corrected chi connectivity index (χ0v) is 10.4. The first kappa shape index (κ1) is 13.0. The second kappa shape index (κ2) is 6.54. The predicted octanol–water partition coefficient (Wildman–Crippen LogP) is 3.55. The zero-order chi connectivity index (χ0) is 12.0. The molecule has 0 amide bonds. The molecule has 0 fully saturated rings. The van der Waals surface area contributed by atoms with E-state index in [-0.39, 0.29) is 0 Å². The van der Waals surface area contributed by atoms with Gasteiger partial charge in [-0.3, -0.25) is 0 Å². The van der Waals surface area contributed by atoms with E-state index >= 15 is 0 Å². The van der Waals surface area contributed by atoms with E-state index in [1.54, 1.807) is 0 Å². The minimum Gasteiger partial charge on any atom is -0.493 e. The molecule has 16 heavy (non-hydrogen) atoms. The largest absolute Gasteiger partial charge is 0.493 e. The Balaban J connectivity index is 2.71. The van der Waals surface area contributed by atoms with E-state index in [1.807, 2.05) is 31.2 Å². The van der Waals surface area contributed by atoms with Crippen molar-refractivity contribution in [2.45, 2.75) is 39.7 Å². The molecule has 0 aliphatic heterocycles. The summed E-state index contributed by atoms with van der Waals surface area (Å²) < 4.78 is 5.75. The van der Waals surface area contributed by atoms with Crippen molar-refractivity contribution >= 4 is 0 Å². The molecule has 2 atom stereocenters. The van der Waals surface area contributed by atoms with Gasteiger partial charge in [0.2, 0.25) is 0 Å². The Hall–Kier alpha value is -1.02. The van der Waals surface area contributed by atoms with Gasteiger partial charge in [-0.2, -0.15) is 0 Å². The van der Waals surface area contributed by atoms with Crippen molar-refractivity contribution < 1.29 is 9.84 Å². The maximum absolute atomic E-state index is 9.85. The van der Waals surface area contributed by atoms with Crippen molar-refractivity contribution in [1.29, 1.82) is 0 Å². The van der Waals surface area contributed by atoms with E-state index in [2.05, 4.69) is 13.8 Å². The first-order valence-corrected chi connectivity index (χ1v) is 6.08. The third-order valence-electron chi connectivity index (χ3n) is 2.88. The van der Waals surface area contributed by atoms with E-state index < -0.39 is 6.10 Å². The average molecular weight is 222 g/mol. The lowest BCUT2D eigenvalue weighted by Gasteiger charge is -2.16. The van der Waals surface area contributed by atoms with Gasteiger partial charge >= 0.3 is 0 Å². The highest BCUT2D eigenvalue weighted by molar-refractivity contribution is 5.34. The zero-order valence-electron chi connectivity index (χ0n) is 10.4. The molecule has 1 aromatic carbocycles. The Bertz CT molecular complexity index is 309. The van der Waals surface area contributed by atoms with Crippen LogP contribution in [0.1, 0.15) is 45.3 Å². The maximum Gasteiger partial charge on any atom is 0.125 e. The molecule has 0 spiro atoms. The third kappa shape index (κ3) is 3.53. The lowest BCUT2D eigenvalue weighted by atomic mass is 10.1. The van der Waals surface area contributed by atoms with Crippen molar-refractivity contribution in [2.75, 3.05) is 6.61 Å². The molecular formula is C14H22O2. The van der Waals surface area contributed by atoms with Crippen molar-refractivity contribution in [3.05, 3.63) is 29.8 Å². The monoisotopic (exact) mass is 222 g/mol. The van der Waals surface area contributed by atoms with Gasteiger partial charge in [-0.05, 0) is 18.4 Å². The van der Waals surface area contributed by atoms with E-state index in [4.69, 9.17) is 4.74 Å². The molecular weight excluding hydrogens is 200 g/mol. The number of para-hydroxylation sites is 1. The summed E-state index contributed by atoms with van der Waals surface area (Å²) in [6.45, 7) is 7.00. The SMILES string of the molecule is CCC(C)COc1ccccc1C(O)CC. The van der Waals surface area contributed by atoms with Crippen LogP contribution in [0.2, 0.25) is 0 Å². The van der Waals surface area contributed by atoms with Crippen LogP contribution in [0.3, 0.4) is 0 Å². The summed E-state index contributed by atoms with van der Waals surface area (Å²) >= 11 is 0. The Kier molecular flexibility index (Phi) is 5.33. The Morgan fingerprint density at radius 3 is 2.50 bits per heavy atom. The first-order chi connectivity index (χ1) is 7.69. The van der Waals surface area contributed by atoms with Gasteiger partial charge in [0.1, 0.15) is 5.75 Å². The number of aliphatic hydroxyl groups excluding tert-OH is 1. The van der Waals surface area contributed by atoms with Crippen molar-refractivity contribution in [3.63, 3.8) is 0 Å². The lowest BCUT2D eigenvalue weighted by Crippen LogP contribution is -2.09. The number of rotatable bonds is 6. The second-order valence-electron chi connectivity index (χ2n) is 4.29. The summed E-state index contributed by atoms with van der Waals surface area (Å²) in [4.78, 5) is 0. The van der Waals surface area contributed by atoms with Gasteiger partial charge in [0.15, 0.2) is 0 Å². The van der Waals surface area contributed by atoms with Crippen LogP contribution in [-0.4, -0.2) is 11.7 Å². The predicted molar refractivity (Wildman–Crippen MR) is 66.6 cm³/mol. The Morgan fingerprint density at radius 2 is 1.88 bits per heavy atom. The second-order valence-corrected chi connectivity index (χ2v) is 4.29. The van der Waals surface area contributed by atoms with Crippen LogP contribution < -0.4 is 4.74 Å². The highest BCUT2D eigenvalue weighted by Crippen LogP contribution is 2.27. The summed E-state index contributed by atoms with van der Waals surface area (Å²) in [7, 11) is 0. The van der Waals surface area contributed by atoms with E-state index in [0.717, 1.165) is 17.7 Å². The summed E-state index contributed by atoms with van der Waals surface area (Å²) in [5.41, 5.74) is 0.897. The number of ether oxygens (including phenoxy) is 1. The highest BCUT2D eigenvalue weighted by atomic mass is 16.5. The highest BCUT2D eigenvalue weighted by Gasteiger charge is 2.11. The fourth-order valence-electron chi connectivity index (χ4n) is 1.46. The van der Waals surface area contributed by atoms with Crippen LogP contribution in [0, 0.1) is 5.92 Å². The molecule has 2 unspecified atom stereocenters. The topological polar surface area (TPSA) is 29.5 Å². The van der Waals surface area contributed by atoms with Gasteiger partial charge in [-0.15, -0.1) is 0 Å². The van der Waals surface area contributed by atoms with Gasteiger partial charge in [-0.25, -0.2) is 0 Å². The van der Waals surface area contributed by atoms with Crippen LogP contribution in [0.15, 0.2) is 24.3 Å². The fraction of sp³-hybridized carbons (Fsp3) is 0.571. The lowest BCUT2D eigenvalue weighted by molar-refractivity contribution is 0.164. The number of hydrogen-bond acceptors (Lipinski definition) is 2. The van der Waals surface area contributed by atoms with Crippen LogP contribution in [0.4, 0.5) is 0 Å². The van der Waals surface area contributed by atoms with Crippen LogP contribution in [0.25, 0.3) is 0 Å². The number of benzene rings is 1. The molecule has 2 nitrogen and oxygen atoms in total. The maximum atomic E-state index is 9.85. The first-order valence-electron chi connectivity index (χ1n) is 6.08. The molecule has 1 N–H and O–H groups in total. The van der Waals surface area contributed by atoms with Crippen molar-refractivity contribution in [2.24, 2.45) is 5.92 Å². The van der Waals surface area contributed by atoms with Gasteiger partial charge in [-0.1, -0.05) is 45.4 Å². The summed E-state index contributed by atoms with van der Waals surface area (Å²) in [6, 6.07) is 7.73. The van der Waals surface area contributed by atoms with Crippen LogP contribution >= 0.6 is 0 Å². The molecule has 1 rings (SSSR count). The molecule has 1 aromatic rings. The van der Waals surface area contributed by atoms with Crippen LogP contribution in [0.5, 0.6) is 5.75 Å². The smallest absolute Gasteiger partial charge is 0.125 e. The summed E-state index contributed by atoms with van der Waals surface area (Å²) in [5.74, 6) is 1.36. The molecule has 0 saturated heterocycles. The van der Waals surface area contributed by atoms with Crippen LogP contribution in [-0.2, 0) is 0 Å². The van der Waals surface area contributed by atoms with Gasteiger partial charge in [0.25, 0.3) is 0 Å². The molecule has 0 radical (unpaired) electrons. The van der Waals surface area contributed by atoms with Crippen molar-refractivity contribution in [1.82, 2.24) is 0 Å². The molecule has 0 bridgehead atoms. The Labute approximate surface area is 98.3 Å². The van der Waals surface area contributed by atoms with Gasteiger partial charge < -0.3 is 9.84 Å². The van der Waals surface area contributed by atoms with E-state index in [1.165, 1.54) is 0 Å².